The van der Waals surface area contributed by atoms with Crippen molar-refractivity contribution in [1.29, 1.82) is 0 Å². The van der Waals surface area contributed by atoms with Crippen molar-refractivity contribution in [3.05, 3.63) is 34.8 Å². The van der Waals surface area contributed by atoms with Crippen LogP contribution in [-0.2, 0) is 12.8 Å². The molecule has 1 aromatic rings. The van der Waals surface area contributed by atoms with E-state index in [4.69, 9.17) is 4.42 Å². The Morgan fingerprint density at radius 3 is 2.88 bits per heavy atom. The van der Waals surface area contributed by atoms with Gasteiger partial charge in [-0.05, 0) is 56.6 Å². The van der Waals surface area contributed by atoms with E-state index in [1.54, 1.807) is 0 Å². The van der Waals surface area contributed by atoms with Gasteiger partial charge in [0.2, 0.25) is 0 Å². The third kappa shape index (κ3) is 2.58. The van der Waals surface area contributed by atoms with Crippen LogP contribution in [0.4, 0.5) is 0 Å². The minimum atomic E-state index is 0.823. The van der Waals surface area contributed by atoms with Gasteiger partial charge in [-0.1, -0.05) is 18.6 Å². The lowest BCUT2D eigenvalue weighted by Gasteiger charge is -2.13. The van der Waals surface area contributed by atoms with E-state index in [1.165, 1.54) is 48.1 Å². The van der Waals surface area contributed by atoms with Crippen LogP contribution in [0.1, 0.15) is 50.0 Å². The van der Waals surface area contributed by atoms with Gasteiger partial charge in [0.1, 0.15) is 5.76 Å². The number of furan rings is 1. The number of rotatable bonds is 0. The normalized spacial score (nSPS) is 22.4. The molecule has 0 bridgehead atoms. The van der Waals surface area contributed by atoms with Crippen molar-refractivity contribution < 1.29 is 4.42 Å². The summed E-state index contributed by atoms with van der Waals surface area (Å²) in [5, 5.41) is 0. The van der Waals surface area contributed by atoms with Gasteiger partial charge in [0, 0.05) is 6.42 Å². The molecule has 0 aliphatic heterocycles. The summed E-state index contributed by atoms with van der Waals surface area (Å²) in [4.78, 5) is 0. The topological polar surface area (TPSA) is 13.1 Å². The summed E-state index contributed by atoms with van der Waals surface area (Å²) in [6.45, 7) is 6.74. The van der Waals surface area contributed by atoms with Crippen LogP contribution in [0, 0.1) is 12.8 Å². The summed E-state index contributed by atoms with van der Waals surface area (Å²) in [6.07, 6.45) is 10.3. The molecular formula is C15H22O. The average Bonchev–Trinajstić information content (AvgIpc) is 2.57. The monoisotopic (exact) mass is 218 g/mol. The van der Waals surface area contributed by atoms with Crippen molar-refractivity contribution in [2.75, 3.05) is 0 Å². The largest absolute Gasteiger partial charge is 0.468 e. The molecule has 1 atom stereocenters. The number of aryl methyl sites for hydroxylation is 1. The fourth-order valence-electron chi connectivity index (χ4n) is 2.48. The first kappa shape index (κ1) is 11.5. The number of hydrogen-bond acceptors (Lipinski definition) is 1. The molecule has 0 amide bonds. The molecule has 0 saturated carbocycles. The second-order valence-electron chi connectivity index (χ2n) is 5.27. The van der Waals surface area contributed by atoms with Gasteiger partial charge in [-0.2, -0.15) is 0 Å². The Bertz CT molecular complexity index is 384. The standard InChI is InChI=1S/C15H22O/c1-11-5-4-6-12(2)9-15-14(8-7-11)13(3)10-16-15/h6,10-11H,4-5,7-9H2,1-3H3. The lowest BCUT2D eigenvalue weighted by atomic mass is 9.92. The minimum Gasteiger partial charge on any atom is -0.468 e. The molecule has 88 valence electrons. The zero-order valence-corrected chi connectivity index (χ0v) is 10.7. The van der Waals surface area contributed by atoms with Gasteiger partial charge in [-0.15, -0.1) is 0 Å². The Morgan fingerprint density at radius 1 is 1.25 bits per heavy atom. The van der Waals surface area contributed by atoms with Crippen molar-refractivity contribution in [3.63, 3.8) is 0 Å². The molecule has 0 aromatic carbocycles. The Morgan fingerprint density at radius 2 is 2.06 bits per heavy atom. The number of fused-ring (bicyclic) bond motifs is 1. The maximum atomic E-state index is 5.68. The van der Waals surface area contributed by atoms with Crippen LogP contribution in [0.5, 0.6) is 0 Å². The van der Waals surface area contributed by atoms with Crippen molar-refractivity contribution in [3.8, 4) is 0 Å². The van der Waals surface area contributed by atoms with Gasteiger partial charge >= 0.3 is 0 Å². The minimum absolute atomic E-state index is 0.823. The smallest absolute Gasteiger partial charge is 0.111 e. The summed E-state index contributed by atoms with van der Waals surface area (Å²) in [7, 11) is 0. The summed E-state index contributed by atoms with van der Waals surface area (Å²) in [6, 6.07) is 0. The molecule has 0 spiro atoms. The van der Waals surface area contributed by atoms with Gasteiger partial charge in [0.05, 0.1) is 6.26 Å². The second kappa shape index (κ2) is 4.90. The van der Waals surface area contributed by atoms with E-state index in [1.807, 2.05) is 6.26 Å². The first-order valence-corrected chi connectivity index (χ1v) is 6.38. The number of allylic oxidation sites excluding steroid dienone is 2. The van der Waals surface area contributed by atoms with Gasteiger partial charge in [-0.25, -0.2) is 0 Å². The molecule has 1 aliphatic carbocycles. The summed E-state index contributed by atoms with van der Waals surface area (Å²) in [5.74, 6) is 2.02. The zero-order chi connectivity index (χ0) is 11.5. The lowest BCUT2D eigenvalue weighted by Crippen LogP contribution is -2.02. The van der Waals surface area contributed by atoms with E-state index in [2.05, 4.69) is 26.8 Å². The van der Waals surface area contributed by atoms with Gasteiger partial charge in [-0.3, -0.25) is 0 Å². The van der Waals surface area contributed by atoms with Crippen LogP contribution >= 0.6 is 0 Å². The predicted molar refractivity (Wildman–Crippen MR) is 67.6 cm³/mol. The molecular weight excluding hydrogens is 196 g/mol. The van der Waals surface area contributed by atoms with Crippen molar-refractivity contribution >= 4 is 0 Å². The third-order valence-electron chi connectivity index (χ3n) is 3.67. The third-order valence-corrected chi connectivity index (χ3v) is 3.67. The maximum Gasteiger partial charge on any atom is 0.111 e. The summed E-state index contributed by atoms with van der Waals surface area (Å²) < 4.78 is 5.68. The first-order valence-electron chi connectivity index (χ1n) is 6.38. The van der Waals surface area contributed by atoms with Crippen LogP contribution in [0.2, 0.25) is 0 Å². The highest BCUT2D eigenvalue weighted by atomic mass is 16.3. The van der Waals surface area contributed by atoms with Crippen molar-refractivity contribution in [2.45, 2.75) is 52.9 Å². The fraction of sp³-hybridized carbons (Fsp3) is 0.600. The Kier molecular flexibility index (Phi) is 3.52. The van der Waals surface area contributed by atoms with Gasteiger partial charge in [0.25, 0.3) is 0 Å². The average molecular weight is 218 g/mol. The van der Waals surface area contributed by atoms with E-state index in [9.17, 15) is 0 Å². The molecule has 1 nitrogen and oxygen atoms in total. The Hall–Kier alpha value is -0.980. The molecule has 16 heavy (non-hydrogen) atoms. The first-order chi connectivity index (χ1) is 7.66. The molecule has 0 fully saturated rings. The maximum absolute atomic E-state index is 5.68. The SMILES string of the molecule is CC1=CCCC(C)CCc2c(C)coc2C1. The van der Waals surface area contributed by atoms with E-state index in [0.29, 0.717) is 0 Å². The molecule has 1 heteroatoms. The highest BCUT2D eigenvalue weighted by molar-refractivity contribution is 5.30. The molecule has 1 aromatic heterocycles. The molecule has 1 unspecified atom stereocenters. The van der Waals surface area contributed by atoms with Crippen LogP contribution in [-0.4, -0.2) is 0 Å². The molecule has 1 aliphatic rings. The van der Waals surface area contributed by atoms with E-state index >= 15 is 0 Å². The molecule has 0 radical (unpaired) electrons. The Balaban J connectivity index is 2.26. The highest BCUT2D eigenvalue weighted by Crippen LogP contribution is 2.25. The molecule has 0 N–H and O–H groups in total. The van der Waals surface area contributed by atoms with Crippen LogP contribution in [0.25, 0.3) is 0 Å². The highest BCUT2D eigenvalue weighted by Gasteiger charge is 2.14. The molecule has 1 heterocycles. The van der Waals surface area contributed by atoms with Gasteiger partial charge < -0.3 is 4.42 Å². The Labute approximate surface area is 98.5 Å². The van der Waals surface area contributed by atoms with Crippen molar-refractivity contribution in [2.24, 2.45) is 5.92 Å². The lowest BCUT2D eigenvalue weighted by molar-refractivity contribution is 0.479. The van der Waals surface area contributed by atoms with Crippen LogP contribution in [0.15, 0.2) is 22.3 Å². The summed E-state index contributed by atoms with van der Waals surface area (Å²) >= 11 is 0. The van der Waals surface area contributed by atoms with Crippen LogP contribution < -0.4 is 0 Å². The zero-order valence-electron chi connectivity index (χ0n) is 10.7. The molecule has 0 saturated heterocycles. The van der Waals surface area contributed by atoms with Crippen molar-refractivity contribution in [1.82, 2.24) is 0 Å². The number of hydrogen-bond donors (Lipinski definition) is 0. The molecule has 2 rings (SSSR count). The van der Waals surface area contributed by atoms with Gasteiger partial charge in [0.15, 0.2) is 0 Å². The van der Waals surface area contributed by atoms with E-state index in [-0.39, 0.29) is 0 Å². The fourth-order valence-corrected chi connectivity index (χ4v) is 2.48. The van der Waals surface area contributed by atoms with E-state index < -0.39 is 0 Å². The predicted octanol–water partition coefficient (Wildman–Crippen LogP) is 4.44. The summed E-state index contributed by atoms with van der Waals surface area (Å²) in [5.41, 5.74) is 4.24. The quantitative estimate of drug-likeness (QED) is 0.587. The van der Waals surface area contributed by atoms with E-state index in [0.717, 1.165) is 12.3 Å². The second-order valence-corrected chi connectivity index (χ2v) is 5.27. The van der Waals surface area contributed by atoms with Crippen LogP contribution in [0.3, 0.4) is 0 Å².